The fourth-order valence-electron chi connectivity index (χ4n) is 2.02. The Kier molecular flexibility index (Phi) is 4.19. The van der Waals surface area contributed by atoms with Crippen molar-refractivity contribution in [3.8, 4) is 0 Å². The second kappa shape index (κ2) is 5.67. The Hall–Kier alpha value is -1.13. The van der Waals surface area contributed by atoms with Gasteiger partial charge >= 0.3 is 0 Å². The van der Waals surface area contributed by atoms with Gasteiger partial charge in [0.1, 0.15) is 0 Å². The van der Waals surface area contributed by atoms with Crippen molar-refractivity contribution in [1.29, 1.82) is 0 Å². The van der Waals surface area contributed by atoms with Crippen molar-refractivity contribution in [3.63, 3.8) is 0 Å². The van der Waals surface area contributed by atoms with Gasteiger partial charge < -0.3 is 0 Å². The number of benzene rings is 1. The summed E-state index contributed by atoms with van der Waals surface area (Å²) in [4.78, 5) is 0.230. The van der Waals surface area contributed by atoms with Crippen LogP contribution in [-0.4, -0.2) is 15.0 Å². The molecule has 0 aliphatic heterocycles. The maximum absolute atomic E-state index is 11.9. The van der Waals surface area contributed by atoms with Gasteiger partial charge in [-0.1, -0.05) is 29.3 Å². The van der Waals surface area contributed by atoms with Crippen molar-refractivity contribution in [2.75, 3.05) is 6.61 Å². The predicted molar refractivity (Wildman–Crippen MR) is 70.9 cm³/mol. The molecule has 98 valence electrons. The Balaban J connectivity index is 1.92. The first-order valence-corrected chi connectivity index (χ1v) is 7.63. The quantitative estimate of drug-likeness (QED) is 0.607. The SMILES string of the molecule is Cc1ccc(S(=O)(=O)OCCC2=CCCC2)cc1. The van der Waals surface area contributed by atoms with Gasteiger partial charge in [-0.05, 0) is 44.7 Å². The van der Waals surface area contributed by atoms with Gasteiger partial charge in [0.2, 0.25) is 0 Å². The first-order valence-electron chi connectivity index (χ1n) is 6.22. The van der Waals surface area contributed by atoms with Crippen LogP contribution in [-0.2, 0) is 14.3 Å². The monoisotopic (exact) mass is 266 g/mol. The molecule has 1 aliphatic carbocycles. The summed E-state index contributed by atoms with van der Waals surface area (Å²) in [5, 5.41) is 0. The van der Waals surface area contributed by atoms with Crippen molar-refractivity contribution in [1.82, 2.24) is 0 Å². The van der Waals surface area contributed by atoms with Crippen LogP contribution in [0.4, 0.5) is 0 Å². The Labute approximate surface area is 109 Å². The van der Waals surface area contributed by atoms with Crippen LogP contribution in [0.15, 0.2) is 40.8 Å². The maximum Gasteiger partial charge on any atom is 0.296 e. The summed E-state index contributed by atoms with van der Waals surface area (Å²) < 4.78 is 28.8. The minimum absolute atomic E-state index is 0.230. The number of hydrogen-bond acceptors (Lipinski definition) is 3. The normalized spacial score (nSPS) is 15.7. The van der Waals surface area contributed by atoms with E-state index >= 15 is 0 Å². The molecule has 1 aliphatic rings. The molecule has 1 aromatic carbocycles. The zero-order valence-electron chi connectivity index (χ0n) is 10.6. The number of hydrogen-bond donors (Lipinski definition) is 0. The molecule has 0 fully saturated rings. The van der Waals surface area contributed by atoms with Gasteiger partial charge in [0, 0.05) is 0 Å². The molecular formula is C14H18O3S. The van der Waals surface area contributed by atoms with E-state index in [0.29, 0.717) is 6.42 Å². The minimum Gasteiger partial charge on any atom is -0.266 e. The van der Waals surface area contributed by atoms with E-state index in [1.54, 1.807) is 24.3 Å². The molecule has 0 radical (unpaired) electrons. The minimum atomic E-state index is -3.60. The van der Waals surface area contributed by atoms with Crippen molar-refractivity contribution in [3.05, 3.63) is 41.5 Å². The van der Waals surface area contributed by atoms with Gasteiger partial charge in [0.05, 0.1) is 11.5 Å². The van der Waals surface area contributed by atoms with Crippen molar-refractivity contribution < 1.29 is 12.6 Å². The predicted octanol–water partition coefficient (Wildman–Crippen LogP) is 3.20. The first-order chi connectivity index (χ1) is 8.58. The van der Waals surface area contributed by atoms with Gasteiger partial charge in [0.25, 0.3) is 10.1 Å². The second-order valence-corrected chi connectivity index (χ2v) is 6.21. The smallest absolute Gasteiger partial charge is 0.266 e. The van der Waals surface area contributed by atoms with E-state index in [4.69, 9.17) is 4.18 Å². The molecule has 2 rings (SSSR count). The van der Waals surface area contributed by atoms with E-state index < -0.39 is 10.1 Å². The molecule has 0 saturated heterocycles. The summed E-state index contributed by atoms with van der Waals surface area (Å²) in [6.07, 6.45) is 6.26. The highest BCUT2D eigenvalue weighted by molar-refractivity contribution is 7.86. The maximum atomic E-state index is 11.9. The number of aryl methyl sites for hydroxylation is 1. The molecule has 0 aromatic heterocycles. The fraction of sp³-hybridized carbons (Fsp3) is 0.429. The van der Waals surface area contributed by atoms with E-state index in [2.05, 4.69) is 6.08 Å². The third-order valence-electron chi connectivity index (χ3n) is 3.11. The average molecular weight is 266 g/mol. The summed E-state index contributed by atoms with van der Waals surface area (Å²) in [6, 6.07) is 6.71. The van der Waals surface area contributed by atoms with Crippen LogP contribution in [0.1, 0.15) is 31.2 Å². The molecule has 3 nitrogen and oxygen atoms in total. The molecule has 1 aromatic rings. The van der Waals surface area contributed by atoms with Crippen molar-refractivity contribution >= 4 is 10.1 Å². The molecule has 4 heteroatoms. The standard InChI is InChI=1S/C14H18O3S/c1-12-6-8-14(9-7-12)18(15,16)17-11-10-13-4-2-3-5-13/h4,6-9H,2-3,5,10-11H2,1H3. The molecule has 18 heavy (non-hydrogen) atoms. The third kappa shape index (κ3) is 3.43. The molecular weight excluding hydrogens is 248 g/mol. The van der Waals surface area contributed by atoms with Crippen LogP contribution in [0, 0.1) is 6.92 Å². The lowest BCUT2D eigenvalue weighted by atomic mass is 10.2. The van der Waals surface area contributed by atoms with E-state index in [9.17, 15) is 8.42 Å². The largest absolute Gasteiger partial charge is 0.296 e. The molecule has 0 atom stereocenters. The van der Waals surface area contributed by atoms with Gasteiger partial charge in [0.15, 0.2) is 0 Å². The van der Waals surface area contributed by atoms with Crippen LogP contribution in [0.3, 0.4) is 0 Å². The lowest BCUT2D eigenvalue weighted by Gasteiger charge is -2.06. The van der Waals surface area contributed by atoms with Crippen LogP contribution >= 0.6 is 0 Å². The van der Waals surface area contributed by atoms with E-state index in [1.807, 2.05) is 6.92 Å². The average Bonchev–Trinajstić information content (AvgIpc) is 2.82. The molecule has 0 N–H and O–H groups in total. The van der Waals surface area contributed by atoms with Crippen molar-refractivity contribution in [2.24, 2.45) is 0 Å². The topological polar surface area (TPSA) is 43.4 Å². The van der Waals surface area contributed by atoms with Crippen molar-refractivity contribution in [2.45, 2.75) is 37.5 Å². The lowest BCUT2D eigenvalue weighted by molar-refractivity contribution is 0.321. The van der Waals surface area contributed by atoms with Gasteiger partial charge in [-0.15, -0.1) is 0 Å². The van der Waals surface area contributed by atoms with Crippen LogP contribution in [0.2, 0.25) is 0 Å². The third-order valence-corrected chi connectivity index (χ3v) is 4.43. The van der Waals surface area contributed by atoms with Crippen LogP contribution in [0.25, 0.3) is 0 Å². The first kappa shape index (κ1) is 13.3. The number of allylic oxidation sites excluding steroid dienone is 1. The Bertz CT molecular complexity index is 527. The van der Waals surface area contributed by atoms with Crippen LogP contribution in [0.5, 0.6) is 0 Å². The van der Waals surface area contributed by atoms with Crippen LogP contribution < -0.4 is 0 Å². The Morgan fingerprint density at radius 3 is 2.56 bits per heavy atom. The molecule has 0 heterocycles. The summed E-state index contributed by atoms with van der Waals surface area (Å²) in [6.45, 7) is 2.16. The Morgan fingerprint density at radius 2 is 1.94 bits per heavy atom. The molecule has 0 amide bonds. The summed E-state index contributed by atoms with van der Waals surface area (Å²) in [5.74, 6) is 0. The summed E-state index contributed by atoms with van der Waals surface area (Å²) in [5.41, 5.74) is 2.35. The zero-order valence-corrected chi connectivity index (χ0v) is 11.4. The summed E-state index contributed by atoms with van der Waals surface area (Å²) >= 11 is 0. The highest BCUT2D eigenvalue weighted by Gasteiger charge is 2.15. The Morgan fingerprint density at radius 1 is 1.22 bits per heavy atom. The van der Waals surface area contributed by atoms with Gasteiger partial charge in [-0.2, -0.15) is 8.42 Å². The van der Waals surface area contributed by atoms with E-state index in [1.165, 1.54) is 12.0 Å². The molecule has 0 spiro atoms. The molecule has 0 unspecified atom stereocenters. The second-order valence-electron chi connectivity index (χ2n) is 4.59. The molecule has 0 saturated carbocycles. The molecule has 0 bridgehead atoms. The van der Waals surface area contributed by atoms with Gasteiger partial charge in [-0.25, -0.2) is 0 Å². The highest BCUT2D eigenvalue weighted by atomic mass is 32.2. The number of rotatable bonds is 5. The lowest BCUT2D eigenvalue weighted by Crippen LogP contribution is -2.08. The summed E-state index contributed by atoms with van der Waals surface area (Å²) in [7, 11) is -3.60. The van der Waals surface area contributed by atoms with E-state index in [0.717, 1.165) is 18.4 Å². The fourth-order valence-corrected chi connectivity index (χ4v) is 2.93. The highest BCUT2D eigenvalue weighted by Crippen LogP contribution is 2.21. The van der Waals surface area contributed by atoms with Gasteiger partial charge in [-0.3, -0.25) is 4.18 Å². The van der Waals surface area contributed by atoms with E-state index in [-0.39, 0.29) is 11.5 Å². The zero-order chi connectivity index (χ0) is 13.0.